The average molecular weight is 293 g/mol. The molecule has 0 aromatic rings. The van der Waals surface area contributed by atoms with Crippen molar-refractivity contribution in [2.75, 3.05) is 46.9 Å². The number of hydrogen-bond donors (Lipinski definition) is 1. The molecule has 0 bridgehead atoms. The summed E-state index contributed by atoms with van der Waals surface area (Å²) in [5.41, 5.74) is 0. The lowest BCUT2D eigenvalue weighted by Crippen LogP contribution is -2.53. The molecule has 1 fully saturated rings. The number of hydrogen-bond acceptors (Lipinski definition) is 4. The molecular weight excluding hydrogens is 266 g/mol. The zero-order valence-electron chi connectivity index (χ0n) is 12.3. The molecule has 0 spiro atoms. The van der Waals surface area contributed by atoms with Crippen LogP contribution >= 0.6 is 0 Å². The predicted molar refractivity (Wildman–Crippen MR) is 76.3 cm³/mol. The normalized spacial score (nSPS) is 22.0. The second kappa shape index (κ2) is 8.16. The van der Waals surface area contributed by atoms with Crippen LogP contribution in [0.2, 0.25) is 0 Å². The van der Waals surface area contributed by atoms with E-state index in [0.717, 1.165) is 19.3 Å². The lowest BCUT2D eigenvalue weighted by Gasteiger charge is -2.37. The molecule has 1 rings (SSSR count). The van der Waals surface area contributed by atoms with Gasteiger partial charge in [0.25, 0.3) is 10.2 Å². The Kier molecular flexibility index (Phi) is 7.23. The number of rotatable bonds is 8. The second-order valence-corrected chi connectivity index (χ2v) is 6.69. The molecule has 6 nitrogen and oxygen atoms in total. The summed E-state index contributed by atoms with van der Waals surface area (Å²) >= 11 is 0. The molecule has 1 unspecified atom stereocenters. The van der Waals surface area contributed by atoms with Crippen LogP contribution in [0.3, 0.4) is 0 Å². The fourth-order valence-corrected chi connectivity index (χ4v) is 4.34. The first kappa shape index (κ1) is 16.8. The number of methoxy groups -OCH3 is 1. The number of nitrogens with one attached hydrogen (secondary N) is 1. The Labute approximate surface area is 117 Å². The first-order valence-electron chi connectivity index (χ1n) is 6.98. The van der Waals surface area contributed by atoms with Crippen LogP contribution in [-0.4, -0.2) is 70.0 Å². The van der Waals surface area contributed by atoms with Gasteiger partial charge in [0.05, 0.1) is 6.61 Å². The summed E-state index contributed by atoms with van der Waals surface area (Å²) in [5.74, 6) is 0. The molecule has 0 radical (unpaired) electrons. The number of nitrogens with zero attached hydrogens (tertiary/aromatic N) is 2. The van der Waals surface area contributed by atoms with Gasteiger partial charge in [0, 0.05) is 39.3 Å². The Bertz CT molecular complexity index is 346. The molecule has 1 heterocycles. The third-order valence-electron chi connectivity index (χ3n) is 3.53. The molecule has 7 heteroatoms. The lowest BCUT2D eigenvalue weighted by atomic mass is 10.1. The maximum atomic E-state index is 12.7. The van der Waals surface area contributed by atoms with Crippen LogP contribution in [0.1, 0.15) is 26.2 Å². The molecule has 1 aliphatic heterocycles. The SMILES string of the molecule is CCN(CCOC)S(=O)(=O)N1CCCCC1CNC. The third-order valence-corrected chi connectivity index (χ3v) is 5.70. The highest BCUT2D eigenvalue weighted by Crippen LogP contribution is 2.22. The van der Waals surface area contributed by atoms with Gasteiger partial charge in [-0.05, 0) is 19.9 Å². The van der Waals surface area contributed by atoms with Gasteiger partial charge in [-0.1, -0.05) is 13.3 Å². The standard InChI is InChI=1S/C12H27N3O3S/c1-4-14(9-10-18-3)19(16,17)15-8-6-5-7-12(15)11-13-2/h12-13H,4-11H2,1-3H3. The van der Waals surface area contributed by atoms with Crippen molar-refractivity contribution in [2.24, 2.45) is 0 Å². The van der Waals surface area contributed by atoms with E-state index < -0.39 is 10.2 Å². The Morgan fingerprint density at radius 1 is 1.42 bits per heavy atom. The number of ether oxygens (including phenoxy) is 1. The van der Waals surface area contributed by atoms with E-state index in [4.69, 9.17) is 4.74 Å². The molecule has 1 aliphatic rings. The van der Waals surface area contributed by atoms with Crippen LogP contribution in [0.5, 0.6) is 0 Å². The number of piperidine rings is 1. The maximum absolute atomic E-state index is 12.7. The third kappa shape index (κ3) is 4.39. The molecule has 1 N–H and O–H groups in total. The van der Waals surface area contributed by atoms with E-state index in [9.17, 15) is 8.42 Å². The zero-order chi connectivity index (χ0) is 14.3. The van der Waals surface area contributed by atoms with Gasteiger partial charge in [0.1, 0.15) is 0 Å². The molecule has 114 valence electrons. The Morgan fingerprint density at radius 3 is 2.74 bits per heavy atom. The van der Waals surface area contributed by atoms with Crippen LogP contribution in [0.25, 0.3) is 0 Å². The highest BCUT2D eigenvalue weighted by molar-refractivity contribution is 7.86. The highest BCUT2D eigenvalue weighted by atomic mass is 32.2. The first-order valence-corrected chi connectivity index (χ1v) is 8.38. The van der Waals surface area contributed by atoms with Gasteiger partial charge in [0.2, 0.25) is 0 Å². The van der Waals surface area contributed by atoms with Gasteiger partial charge in [-0.2, -0.15) is 17.0 Å². The van der Waals surface area contributed by atoms with Crippen LogP contribution < -0.4 is 5.32 Å². The van der Waals surface area contributed by atoms with E-state index >= 15 is 0 Å². The van der Waals surface area contributed by atoms with Crippen molar-refractivity contribution >= 4 is 10.2 Å². The fourth-order valence-electron chi connectivity index (χ4n) is 2.50. The van der Waals surface area contributed by atoms with E-state index in [0.29, 0.717) is 32.8 Å². The molecule has 0 aromatic heterocycles. The van der Waals surface area contributed by atoms with E-state index in [1.54, 1.807) is 11.4 Å². The van der Waals surface area contributed by atoms with Crippen LogP contribution in [0.4, 0.5) is 0 Å². The van der Waals surface area contributed by atoms with Gasteiger partial charge in [-0.15, -0.1) is 0 Å². The van der Waals surface area contributed by atoms with Gasteiger partial charge < -0.3 is 10.1 Å². The Morgan fingerprint density at radius 2 is 2.16 bits per heavy atom. The van der Waals surface area contributed by atoms with Crippen LogP contribution in [0, 0.1) is 0 Å². The summed E-state index contributed by atoms with van der Waals surface area (Å²) in [6, 6.07) is 0.0698. The quantitative estimate of drug-likeness (QED) is 0.698. The monoisotopic (exact) mass is 293 g/mol. The van der Waals surface area contributed by atoms with E-state index in [1.807, 2.05) is 14.0 Å². The molecule has 0 saturated carbocycles. The summed E-state index contributed by atoms with van der Waals surface area (Å²) in [6.45, 7) is 4.52. The van der Waals surface area contributed by atoms with Gasteiger partial charge in [0.15, 0.2) is 0 Å². The van der Waals surface area contributed by atoms with Crippen molar-refractivity contribution < 1.29 is 13.2 Å². The van der Waals surface area contributed by atoms with Crippen molar-refractivity contribution in [3.8, 4) is 0 Å². The molecule has 0 aliphatic carbocycles. The topological polar surface area (TPSA) is 61.9 Å². The minimum absolute atomic E-state index is 0.0698. The van der Waals surface area contributed by atoms with E-state index in [1.165, 1.54) is 4.31 Å². The minimum Gasteiger partial charge on any atom is -0.383 e. The zero-order valence-corrected chi connectivity index (χ0v) is 13.1. The van der Waals surface area contributed by atoms with Crippen molar-refractivity contribution in [3.05, 3.63) is 0 Å². The highest BCUT2D eigenvalue weighted by Gasteiger charge is 2.35. The molecule has 19 heavy (non-hydrogen) atoms. The summed E-state index contributed by atoms with van der Waals surface area (Å²) in [7, 11) is 0.0803. The smallest absolute Gasteiger partial charge is 0.282 e. The van der Waals surface area contributed by atoms with Crippen molar-refractivity contribution in [1.29, 1.82) is 0 Å². The molecule has 0 amide bonds. The van der Waals surface area contributed by atoms with E-state index in [-0.39, 0.29) is 6.04 Å². The van der Waals surface area contributed by atoms with Gasteiger partial charge in [-0.25, -0.2) is 0 Å². The van der Waals surface area contributed by atoms with Crippen LogP contribution in [-0.2, 0) is 14.9 Å². The minimum atomic E-state index is -3.37. The second-order valence-electron chi connectivity index (χ2n) is 4.81. The Hall–Kier alpha value is -0.210. The Balaban J connectivity index is 2.81. The van der Waals surface area contributed by atoms with Crippen molar-refractivity contribution in [2.45, 2.75) is 32.2 Å². The largest absolute Gasteiger partial charge is 0.383 e. The predicted octanol–water partition coefficient (Wildman–Crippen LogP) is 0.273. The van der Waals surface area contributed by atoms with Gasteiger partial charge in [-0.3, -0.25) is 0 Å². The van der Waals surface area contributed by atoms with Crippen molar-refractivity contribution in [1.82, 2.24) is 13.9 Å². The lowest BCUT2D eigenvalue weighted by molar-refractivity contribution is 0.171. The molecule has 0 aromatic carbocycles. The maximum Gasteiger partial charge on any atom is 0.282 e. The first-order chi connectivity index (χ1) is 9.07. The molecule has 1 atom stereocenters. The number of likely N-dealkylation sites (N-methyl/N-ethyl adjacent to an activating group) is 2. The van der Waals surface area contributed by atoms with Gasteiger partial charge >= 0.3 is 0 Å². The molecular formula is C12H27N3O3S. The summed E-state index contributed by atoms with van der Waals surface area (Å²) in [5, 5.41) is 3.09. The summed E-state index contributed by atoms with van der Waals surface area (Å²) in [6.07, 6.45) is 2.98. The van der Waals surface area contributed by atoms with Crippen LogP contribution in [0.15, 0.2) is 0 Å². The summed E-state index contributed by atoms with van der Waals surface area (Å²) < 4.78 is 33.5. The molecule has 1 saturated heterocycles. The van der Waals surface area contributed by atoms with Crippen molar-refractivity contribution in [3.63, 3.8) is 0 Å². The average Bonchev–Trinajstić information content (AvgIpc) is 2.40. The summed E-state index contributed by atoms with van der Waals surface area (Å²) in [4.78, 5) is 0. The fraction of sp³-hybridized carbons (Fsp3) is 1.00. The van der Waals surface area contributed by atoms with E-state index in [2.05, 4.69) is 5.32 Å².